The van der Waals surface area contributed by atoms with Crippen molar-refractivity contribution in [1.82, 2.24) is 9.88 Å². The molecule has 3 aliphatic rings. The van der Waals surface area contributed by atoms with E-state index in [1.54, 1.807) is 18.3 Å². The summed E-state index contributed by atoms with van der Waals surface area (Å²) in [4.78, 5) is 43.7. The van der Waals surface area contributed by atoms with Crippen molar-refractivity contribution < 1.29 is 38.3 Å². The minimum Gasteiger partial charge on any atom is -0.459 e. The lowest BCUT2D eigenvalue weighted by molar-refractivity contribution is -0.137. The van der Waals surface area contributed by atoms with Crippen molar-refractivity contribution >= 4 is 36.7 Å². The molecule has 2 aliphatic heterocycles. The molecule has 2 aromatic rings. The number of ether oxygens (including phenoxy) is 1. The van der Waals surface area contributed by atoms with Crippen LogP contribution in [0.5, 0.6) is 0 Å². The third kappa shape index (κ3) is 5.09. The van der Waals surface area contributed by atoms with Gasteiger partial charge in [-0.25, -0.2) is 4.79 Å². The molecule has 3 amide bonds. The summed E-state index contributed by atoms with van der Waals surface area (Å²) in [5.41, 5.74) is 3.60. The van der Waals surface area contributed by atoms with E-state index < -0.39 is 48.9 Å². The van der Waals surface area contributed by atoms with Crippen molar-refractivity contribution in [3.8, 4) is 0 Å². The molecule has 4 heterocycles. The number of hydrogen-bond donors (Lipinski definition) is 2. The number of pyridine rings is 1. The van der Waals surface area contributed by atoms with Crippen LogP contribution >= 0.6 is 0 Å². The highest BCUT2D eigenvalue weighted by Crippen LogP contribution is 2.51. The highest BCUT2D eigenvalue weighted by atomic mass is 16.5. The highest BCUT2D eigenvalue weighted by Gasteiger charge is 2.59. The Morgan fingerprint density at radius 2 is 2.05 bits per heavy atom. The molecular weight excluding hydrogens is 503 g/mol. The first-order valence-electron chi connectivity index (χ1n) is 13.2. The van der Waals surface area contributed by atoms with Crippen LogP contribution in [0.1, 0.15) is 49.8 Å². The monoisotopic (exact) mass is 534 g/mol. The van der Waals surface area contributed by atoms with Crippen LogP contribution in [0.15, 0.2) is 52.1 Å². The zero-order valence-corrected chi connectivity index (χ0v) is 21.9. The molecule has 2 saturated heterocycles. The number of likely N-dealkylation sites (tertiary alicyclic amines) is 1. The van der Waals surface area contributed by atoms with Gasteiger partial charge in [0.1, 0.15) is 18.1 Å². The van der Waals surface area contributed by atoms with Gasteiger partial charge in [-0.15, -0.1) is 0 Å². The number of nitrogens with zero attached hydrogens (tertiary/aromatic N) is 2. The van der Waals surface area contributed by atoms with Gasteiger partial charge in [-0.3, -0.25) is 14.6 Å². The van der Waals surface area contributed by atoms with Crippen LogP contribution < -0.4 is 0 Å². The van der Waals surface area contributed by atoms with Gasteiger partial charge in [0.2, 0.25) is 11.8 Å². The Morgan fingerprint density at radius 3 is 2.72 bits per heavy atom. The largest absolute Gasteiger partial charge is 0.459 e. The second-order valence-corrected chi connectivity index (χ2v) is 10.0. The molecule has 4 atom stereocenters. The smallest absolute Gasteiger partial charge is 0.455 e. The second-order valence-electron chi connectivity index (χ2n) is 10.0. The van der Waals surface area contributed by atoms with E-state index in [-0.39, 0.29) is 12.9 Å². The predicted molar refractivity (Wildman–Crippen MR) is 140 cm³/mol. The minimum atomic E-state index is -1.12. The number of carbonyl (C=O) groups excluding carboxylic acids is 3. The van der Waals surface area contributed by atoms with Gasteiger partial charge in [0.15, 0.2) is 0 Å². The number of aliphatic hydroxyl groups is 1. The minimum absolute atomic E-state index is 0.170. The van der Waals surface area contributed by atoms with Crippen LogP contribution in [0.4, 0.5) is 4.79 Å². The van der Waals surface area contributed by atoms with Crippen molar-refractivity contribution in [2.24, 2.45) is 17.8 Å². The summed E-state index contributed by atoms with van der Waals surface area (Å²) in [5, 5.41) is 20.1. The van der Waals surface area contributed by atoms with Gasteiger partial charge in [0.05, 0.1) is 30.7 Å². The topological polar surface area (TPSA) is 139 Å². The fourth-order valence-corrected chi connectivity index (χ4v) is 6.22. The Kier molecular flexibility index (Phi) is 7.83. The number of amides is 3. The molecule has 11 heteroatoms. The summed E-state index contributed by atoms with van der Waals surface area (Å²) in [6.07, 6.45) is 4.31. The van der Waals surface area contributed by atoms with Gasteiger partial charge in [-0.2, -0.15) is 4.90 Å². The van der Waals surface area contributed by atoms with Gasteiger partial charge in [0.25, 0.3) is 0 Å². The first-order chi connectivity index (χ1) is 18.9. The van der Waals surface area contributed by atoms with E-state index in [9.17, 15) is 24.5 Å². The molecule has 0 radical (unpaired) electrons. The third-order valence-electron chi connectivity index (χ3n) is 7.92. The average molecular weight is 534 g/mol. The number of aromatic nitrogens is 1. The molecule has 2 aromatic heterocycles. The van der Waals surface area contributed by atoms with Crippen LogP contribution in [0.3, 0.4) is 0 Å². The number of furan rings is 1. The summed E-state index contributed by atoms with van der Waals surface area (Å²) >= 11 is 0. The lowest BCUT2D eigenvalue weighted by atomic mass is 9.58. The highest BCUT2D eigenvalue weighted by molar-refractivity contribution is 6.43. The number of hydrogen-bond acceptors (Lipinski definition) is 9. The standard InChI is InChI=1S/C28H31BN2O8/c1-3-16-13-20-25(27(34)31(26(20)33)28(35)37-2)21-14-29(36)39-23(24(16)21)10-7-17(22-6-4-5-11-30-22)12-18-8-9-19(15-32)38-18/h4-6,8-9,11-12,20-21,23,25,32,36H,3,7,10,13-15H2,1-2H3/b17-12-/t20-,21+,23-,25-/m1/s1. The average Bonchev–Trinajstić information content (AvgIpc) is 3.51. The SMILES string of the molecule is CCC1=C2[C@@H](CC/C(=C/c3ccc(CO)o3)c3ccccn3)OB(O)C[C@@H]2[C@@H]2C(=O)N(C(=O)OC)C(=O)[C@@H]2C1. The van der Waals surface area contributed by atoms with E-state index in [4.69, 9.17) is 13.8 Å². The number of fused-ring (bicyclic) bond motifs is 3. The molecule has 204 valence electrons. The fraction of sp³-hybridized carbons (Fsp3) is 0.429. The lowest BCUT2D eigenvalue weighted by Crippen LogP contribution is -2.46. The zero-order chi connectivity index (χ0) is 27.7. The van der Waals surface area contributed by atoms with E-state index in [0.29, 0.717) is 42.1 Å². The number of allylic oxidation sites excluding steroid dienone is 2. The van der Waals surface area contributed by atoms with Crippen molar-refractivity contribution in [3.63, 3.8) is 0 Å². The maximum absolute atomic E-state index is 13.3. The fourth-order valence-electron chi connectivity index (χ4n) is 6.22. The van der Waals surface area contributed by atoms with Crippen LogP contribution in [0, 0.1) is 17.8 Å². The van der Waals surface area contributed by atoms with Crippen molar-refractivity contribution in [2.45, 2.75) is 51.6 Å². The third-order valence-corrected chi connectivity index (χ3v) is 7.92. The van der Waals surface area contributed by atoms with Crippen molar-refractivity contribution in [1.29, 1.82) is 0 Å². The van der Waals surface area contributed by atoms with Crippen LogP contribution in [0.2, 0.25) is 6.32 Å². The first kappa shape index (κ1) is 27.0. The molecule has 1 aliphatic carbocycles. The molecule has 39 heavy (non-hydrogen) atoms. The summed E-state index contributed by atoms with van der Waals surface area (Å²) < 4.78 is 16.4. The second kappa shape index (κ2) is 11.3. The number of carbonyl (C=O) groups is 3. The number of rotatable bonds is 7. The van der Waals surface area contributed by atoms with Crippen molar-refractivity contribution in [2.75, 3.05) is 7.11 Å². The van der Waals surface area contributed by atoms with E-state index in [1.165, 1.54) is 0 Å². The molecule has 2 N–H and O–H groups in total. The number of aliphatic hydroxyl groups excluding tert-OH is 1. The Morgan fingerprint density at radius 1 is 1.23 bits per heavy atom. The molecule has 0 unspecified atom stereocenters. The quantitative estimate of drug-likeness (QED) is 0.311. The summed E-state index contributed by atoms with van der Waals surface area (Å²) in [6, 6.07) is 9.11. The summed E-state index contributed by atoms with van der Waals surface area (Å²) in [5.74, 6) is -1.90. The molecule has 10 nitrogen and oxygen atoms in total. The summed E-state index contributed by atoms with van der Waals surface area (Å²) in [6.45, 7) is 1.79. The molecule has 0 spiro atoms. The van der Waals surface area contributed by atoms with E-state index >= 15 is 0 Å². The molecule has 0 bridgehead atoms. The zero-order valence-electron chi connectivity index (χ0n) is 21.9. The molecule has 5 rings (SSSR count). The van der Waals surface area contributed by atoms with Crippen LogP contribution in [0.25, 0.3) is 11.6 Å². The Bertz CT molecular complexity index is 1320. The van der Waals surface area contributed by atoms with Gasteiger partial charge < -0.3 is 23.9 Å². The molecule has 2 fully saturated rings. The normalized spacial score (nSPS) is 25.2. The van der Waals surface area contributed by atoms with E-state index in [0.717, 1.165) is 29.5 Å². The lowest BCUT2D eigenvalue weighted by Gasteiger charge is -2.43. The molecular formula is C28H31BN2O8. The van der Waals surface area contributed by atoms with Crippen molar-refractivity contribution in [3.05, 3.63) is 64.9 Å². The van der Waals surface area contributed by atoms with E-state index in [1.807, 2.05) is 31.2 Å². The maximum Gasteiger partial charge on any atom is 0.455 e. The van der Waals surface area contributed by atoms with Gasteiger partial charge in [0, 0.05) is 6.20 Å². The number of imide groups is 3. The molecule has 0 saturated carbocycles. The van der Waals surface area contributed by atoms with Gasteiger partial charge >= 0.3 is 13.2 Å². The van der Waals surface area contributed by atoms with Crippen LogP contribution in [-0.2, 0) is 25.6 Å². The predicted octanol–water partition coefficient (Wildman–Crippen LogP) is 3.46. The Labute approximate surface area is 226 Å². The van der Waals surface area contributed by atoms with Gasteiger partial charge in [-0.1, -0.05) is 18.6 Å². The summed E-state index contributed by atoms with van der Waals surface area (Å²) in [7, 11) is 0.0236. The molecule has 0 aromatic carbocycles. The van der Waals surface area contributed by atoms with Gasteiger partial charge in [-0.05, 0) is 79.4 Å². The maximum atomic E-state index is 13.3. The van der Waals surface area contributed by atoms with Crippen LogP contribution in [-0.4, -0.2) is 58.3 Å². The Hall–Kier alpha value is -3.54. The number of methoxy groups -OCH3 is 1. The van der Waals surface area contributed by atoms with E-state index in [2.05, 4.69) is 4.98 Å². The Balaban J connectivity index is 1.45. The first-order valence-corrected chi connectivity index (χ1v) is 13.2.